The van der Waals surface area contributed by atoms with E-state index in [-0.39, 0.29) is 0 Å². The Morgan fingerprint density at radius 1 is 1.47 bits per heavy atom. The van der Waals surface area contributed by atoms with Crippen molar-refractivity contribution < 1.29 is 9.90 Å². The molecule has 0 atom stereocenters. The summed E-state index contributed by atoms with van der Waals surface area (Å²) in [5.74, 6) is -0.459. The number of rotatable bonds is 5. The van der Waals surface area contributed by atoms with Crippen molar-refractivity contribution in [2.45, 2.75) is 39.2 Å². The van der Waals surface area contributed by atoms with Crippen LogP contribution in [-0.2, 0) is 10.3 Å². The Hall–Kier alpha value is -1.83. The fourth-order valence-electron chi connectivity index (χ4n) is 2.08. The van der Waals surface area contributed by atoms with Gasteiger partial charge in [-0.15, -0.1) is 16.4 Å². The molecule has 0 aliphatic heterocycles. The monoisotopic (exact) mass is 281 g/mol. The Morgan fingerprint density at radius 3 is 2.63 bits per heavy atom. The third-order valence-corrected chi connectivity index (χ3v) is 4.32. The number of hydrogen-bond acceptors (Lipinski definition) is 6. The smallest absolute Gasteiger partial charge is 0.331 e. The summed E-state index contributed by atoms with van der Waals surface area (Å²) >= 11 is 1.40. The van der Waals surface area contributed by atoms with Crippen LogP contribution in [0.2, 0.25) is 0 Å². The van der Waals surface area contributed by atoms with Crippen LogP contribution in [0.25, 0.3) is 10.7 Å². The predicted molar refractivity (Wildman–Crippen MR) is 69.9 cm³/mol. The van der Waals surface area contributed by atoms with Gasteiger partial charge in [-0.25, -0.2) is 14.5 Å². The number of aromatic nitrogens is 5. The normalized spacial score (nSPS) is 11.7. The van der Waals surface area contributed by atoms with Gasteiger partial charge in [0.1, 0.15) is 0 Å². The Balaban J connectivity index is 2.61. The number of carboxylic acid groups (broad SMARTS) is 1. The molecule has 0 fully saturated rings. The molecule has 0 saturated heterocycles. The van der Waals surface area contributed by atoms with Crippen molar-refractivity contribution >= 4 is 17.3 Å². The third kappa shape index (κ3) is 2.01. The third-order valence-electron chi connectivity index (χ3n) is 3.39. The highest BCUT2D eigenvalue weighted by Gasteiger charge is 2.41. The summed E-state index contributed by atoms with van der Waals surface area (Å²) in [6, 6.07) is 0. The second-order valence-electron chi connectivity index (χ2n) is 4.23. The van der Waals surface area contributed by atoms with E-state index < -0.39 is 11.5 Å². The molecular weight excluding hydrogens is 266 g/mol. The van der Waals surface area contributed by atoms with E-state index in [9.17, 15) is 9.90 Å². The minimum atomic E-state index is -1.12. The SMILES string of the molecule is CCC(CC)(C(=O)O)n1nnnc1-c1scnc1C. The van der Waals surface area contributed by atoms with Crippen LogP contribution < -0.4 is 0 Å². The molecule has 0 saturated carbocycles. The van der Waals surface area contributed by atoms with Crippen molar-refractivity contribution in [3.63, 3.8) is 0 Å². The molecule has 0 aliphatic rings. The quantitative estimate of drug-likeness (QED) is 0.896. The lowest BCUT2D eigenvalue weighted by molar-refractivity contribution is -0.148. The molecule has 2 aromatic heterocycles. The minimum Gasteiger partial charge on any atom is -0.479 e. The van der Waals surface area contributed by atoms with Crippen molar-refractivity contribution in [2.75, 3.05) is 0 Å². The van der Waals surface area contributed by atoms with Crippen LogP contribution in [0.4, 0.5) is 0 Å². The number of aliphatic carboxylic acids is 1. The van der Waals surface area contributed by atoms with Crippen LogP contribution in [0.5, 0.6) is 0 Å². The summed E-state index contributed by atoms with van der Waals surface area (Å²) in [4.78, 5) is 16.6. The molecule has 8 heteroatoms. The summed E-state index contributed by atoms with van der Waals surface area (Å²) in [6.07, 6.45) is 0.823. The van der Waals surface area contributed by atoms with E-state index in [0.717, 1.165) is 10.6 Å². The number of thiazole rings is 1. The number of tetrazole rings is 1. The van der Waals surface area contributed by atoms with E-state index in [1.165, 1.54) is 16.0 Å². The standard InChI is InChI=1S/C11H15N5O2S/c1-4-11(5-2,10(17)18)16-9(13-14-15-16)8-7(3)12-6-19-8/h6H,4-5H2,1-3H3,(H,17,18). The molecule has 102 valence electrons. The first-order chi connectivity index (χ1) is 9.06. The van der Waals surface area contributed by atoms with E-state index in [2.05, 4.69) is 20.5 Å². The summed E-state index contributed by atoms with van der Waals surface area (Å²) in [6.45, 7) is 5.50. The fourth-order valence-corrected chi connectivity index (χ4v) is 2.85. The molecule has 19 heavy (non-hydrogen) atoms. The zero-order chi connectivity index (χ0) is 14.0. The molecule has 2 rings (SSSR count). The van der Waals surface area contributed by atoms with Crippen LogP contribution in [0.3, 0.4) is 0 Å². The lowest BCUT2D eigenvalue weighted by Crippen LogP contribution is -2.42. The van der Waals surface area contributed by atoms with E-state index in [0.29, 0.717) is 18.7 Å². The summed E-state index contributed by atoms with van der Waals surface area (Å²) < 4.78 is 1.41. The molecule has 0 bridgehead atoms. The minimum absolute atomic E-state index is 0.411. The van der Waals surface area contributed by atoms with Gasteiger partial charge in [0.15, 0.2) is 11.4 Å². The van der Waals surface area contributed by atoms with Gasteiger partial charge in [0, 0.05) is 0 Å². The Bertz CT molecular complexity index is 587. The zero-order valence-corrected chi connectivity index (χ0v) is 11.8. The predicted octanol–water partition coefficient (Wildman–Crippen LogP) is 1.70. The topological polar surface area (TPSA) is 93.8 Å². The average Bonchev–Trinajstić information content (AvgIpc) is 3.00. The Kier molecular flexibility index (Phi) is 3.61. The largest absolute Gasteiger partial charge is 0.479 e. The molecule has 1 N–H and O–H groups in total. The first-order valence-corrected chi connectivity index (χ1v) is 6.87. The van der Waals surface area contributed by atoms with E-state index >= 15 is 0 Å². The average molecular weight is 281 g/mol. The zero-order valence-electron chi connectivity index (χ0n) is 11.0. The molecule has 2 heterocycles. The number of carboxylic acids is 1. The highest BCUT2D eigenvalue weighted by Crippen LogP contribution is 2.32. The molecule has 7 nitrogen and oxygen atoms in total. The lowest BCUT2D eigenvalue weighted by Gasteiger charge is -2.27. The van der Waals surface area contributed by atoms with Gasteiger partial charge in [0.05, 0.1) is 16.1 Å². The van der Waals surface area contributed by atoms with E-state index in [4.69, 9.17) is 0 Å². The number of aryl methyl sites for hydroxylation is 1. The molecule has 0 spiro atoms. The van der Waals surface area contributed by atoms with Gasteiger partial charge in [0.25, 0.3) is 0 Å². The molecule has 0 aromatic carbocycles. The maximum absolute atomic E-state index is 11.7. The summed E-state index contributed by atoms with van der Waals surface area (Å²) in [5, 5.41) is 21.1. The lowest BCUT2D eigenvalue weighted by atomic mass is 9.93. The van der Waals surface area contributed by atoms with Gasteiger partial charge in [-0.3, -0.25) is 0 Å². The number of carbonyl (C=O) groups is 1. The van der Waals surface area contributed by atoms with Gasteiger partial charge in [-0.1, -0.05) is 13.8 Å². The first kappa shape index (κ1) is 13.6. The van der Waals surface area contributed by atoms with Crippen LogP contribution in [-0.4, -0.2) is 36.3 Å². The van der Waals surface area contributed by atoms with Gasteiger partial charge in [-0.05, 0) is 30.2 Å². The summed E-state index contributed by atoms with van der Waals surface area (Å²) in [7, 11) is 0. The highest BCUT2D eigenvalue weighted by atomic mass is 32.1. The number of nitrogens with zero attached hydrogens (tertiary/aromatic N) is 5. The maximum atomic E-state index is 11.7. The van der Waals surface area contributed by atoms with Crippen LogP contribution in [0, 0.1) is 6.92 Å². The van der Waals surface area contributed by atoms with Crippen LogP contribution >= 0.6 is 11.3 Å². The molecule has 0 radical (unpaired) electrons. The van der Waals surface area contributed by atoms with Crippen molar-refractivity contribution in [2.24, 2.45) is 0 Å². The van der Waals surface area contributed by atoms with Crippen molar-refractivity contribution in [3.8, 4) is 10.7 Å². The molecule has 0 aliphatic carbocycles. The Labute approximate surface area is 114 Å². The second kappa shape index (κ2) is 5.04. The molecule has 0 amide bonds. The fraction of sp³-hybridized carbons (Fsp3) is 0.545. The maximum Gasteiger partial charge on any atom is 0.331 e. The van der Waals surface area contributed by atoms with Crippen LogP contribution in [0.1, 0.15) is 32.4 Å². The van der Waals surface area contributed by atoms with Gasteiger partial charge >= 0.3 is 5.97 Å². The molecular formula is C11H15N5O2S. The van der Waals surface area contributed by atoms with Gasteiger partial charge < -0.3 is 5.11 Å². The molecule has 2 aromatic rings. The van der Waals surface area contributed by atoms with Gasteiger partial charge in [0.2, 0.25) is 0 Å². The van der Waals surface area contributed by atoms with Crippen molar-refractivity contribution in [1.29, 1.82) is 0 Å². The van der Waals surface area contributed by atoms with Crippen molar-refractivity contribution in [1.82, 2.24) is 25.2 Å². The molecule has 0 unspecified atom stereocenters. The second-order valence-corrected chi connectivity index (χ2v) is 5.08. The highest BCUT2D eigenvalue weighted by molar-refractivity contribution is 7.13. The van der Waals surface area contributed by atoms with Gasteiger partial charge in [-0.2, -0.15) is 0 Å². The van der Waals surface area contributed by atoms with Crippen LogP contribution in [0.15, 0.2) is 5.51 Å². The van der Waals surface area contributed by atoms with E-state index in [1.54, 1.807) is 5.51 Å². The number of hydrogen-bond donors (Lipinski definition) is 1. The van der Waals surface area contributed by atoms with E-state index in [1.807, 2.05) is 20.8 Å². The van der Waals surface area contributed by atoms with Crippen molar-refractivity contribution in [3.05, 3.63) is 11.2 Å². The Morgan fingerprint density at radius 2 is 2.16 bits per heavy atom. The first-order valence-electron chi connectivity index (χ1n) is 5.99. The summed E-state index contributed by atoms with van der Waals surface area (Å²) in [5.41, 5.74) is 1.38.